The Bertz CT molecular complexity index is 1030. The van der Waals surface area contributed by atoms with Crippen molar-refractivity contribution >= 4 is 21.7 Å². The molecule has 0 radical (unpaired) electrons. The van der Waals surface area contributed by atoms with Gasteiger partial charge in [0.05, 0.1) is 5.52 Å². The van der Waals surface area contributed by atoms with Gasteiger partial charge in [0, 0.05) is 22.4 Å². The van der Waals surface area contributed by atoms with Gasteiger partial charge in [0.15, 0.2) is 0 Å². The molecule has 1 heteroatoms. The van der Waals surface area contributed by atoms with Crippen LogP contribution in [0, 0.1) is 10.8 Å². The van der Waals surface area contributed by atoms with Gasteiger partial charge in [-0.3, -0.25) is 4.98 Å². The molecule has 0 aliphatic heterocycles. The molecule has 4 unspecified atom stereocenters. The lowest BCUT2D eigenvalue weighted by molar-refractivity contribution is 0.0582. The Morgan fingerprint density at radius 3 is 2.61 bits per heavy atom. The van der Waals surface area contributed by atoms with E-state index >= 15 is 0 Å². The van der Waals surface area contributed by atoms with Crippen LogP contribution in [0.3, 0.4) is 0 Å². The average Bonchev–Trinajstić information content (AvgIpc) is 3.05. The largest absolute Gasteiger partial charge is 0.255 e. The van der Waals surface area contributed by atoms with Crippen molar-refractivity contribution in [3.05, 3.63) is 53.7 Å². The summed E-state index contributed by atoms with van der Waals surface area (Å²) in [5, 5.41) is 3.99. The summed E-state index contributed by atoms with van der Waals surface area (Å²) >= 11 is 0. The second kappa shape index (κ2) is 3.31. The number of hydrogen-bond acceptors (Lipinski definition) is 1. The molecule has 0 saturated heterocycles. The maximum absolute atomic E-state index is 4.93. The second-order valence-corrected chi connectivity index (χ2v) is 8.71. The number of nitrogens with zero attached hydrogens (tertiary/aromatic N) is 1. The number of pyridine rings is 1. The lowest BCUT2D eigenvalue weighted by atomic mass is 9.53. The van der Waals surface area contributed by atoms with E-state index in [-0.39, 0.29) is 0 Å². The average molecular weight is 299 g/mol. The molecule has 0 N–H and O–H groups in total. The predicted molar refractivity (Wildman–Crippen MR) is 94.8 cm³/mol. The summed E-state index contributed by atoms with van der Waals surface area (Å²) in [5.74, 6) is 0.657. The van der Waals surface area contributed by atoms with E-state index in [0.29, 0.717) is 22.2 Å². The zero-order valence-electron chi connectivity index (χ0n) is 14.0. The Balaban J connectivity index is 1.75. The molecule has 3 aliphatic rings. The molecule has 1 spiro atoms. The van der Waals surface area contributed by atoms with Crippen molar-refractivity contribution in [3.63, 3.8) is 0 Å². The number of rotatable bonds is 0. The first-order valence-corrected chi connectivity index (χ1v) is 8.83. The van der Waals surface area contributed by atoms with Gasteiger partial charge in [-0.15, -0.1) is 0 Å². The lowest BCUT2D eigenvalue weighted by Gasteiger charge is -2.50. The highest BCUT2D eigenvalue weighted by molar-refractivity contribution is 6.07. The number of aromatic nitrogens is 1. The summed E-state index contributed by atoms with van der Waals surface area (Å²) < 4.78 is 0. The molecule has 2 fully saturated rings. The Morgan fingerprint density at radius 1 is 1.00 bits per heavy atom. The van der Waals surface area contributed by atoms with Gasteiger partial charge in [0.2, 0.25) is 0 Å². The minimum Gasteiger partial charge on any atom is -0.255 e. The number of hydrogen-bond donors (Lipinski definition) is 0. The Labute approximate surface area is 136 Å². The van der Waals surface area contributed by atoms with E-state index in [1.165, 1.54) is 40.1 Å². The second-order valence-electron chi connectivity index (χ2n) is 8.71. The standard InChI is InChI=1S/C22H21N/c1-13-17-10-23-19-15-7-5-4-6-14(15)8-9-16(19)18(17)21(3)11-20(2)12-22(13,20)21/h4-10,13H,11-12H2,1-3H3. The van der Waals surface area contributed by atoms with Crippen LogP contribution < -0.4 is 0 Å². The van der Waals surface area contributed by atoms with Gasteiger partial charge >= 0.3 is 0 Å². The van der Waals surface area contributed by atoms with Gasteiger partial charge in [-0.05, 0) is 46.1 Å². The van der Waals surface area contributed by atoms with Crippen molar-refractivity contribution in [2.75, 3.05) is 0 Å². The minimum absolute atomic E-state index is 0.361. The molecule has 1 heterocycles. The van der Waals surface area contributed by atoms with Gasteiger partial charge in [0.1, 0.15) is 0 Å². The number of benzene rings is 2. The fourth-order valence-electron chi connectivity index (χ4n) is 7.11. The van der Waals surface area contributed by atoms with Gasteiger partial charge in [0.25, 0.3) is 0 Å². The zero-order chi connectivity index (χ0) is 15.6. The van der Waals surface area contributed by atoms with E-state index < -0.39 is 0 Å². The molecular formula is C22H21N. The molecule has 3 aromatic rings. The maximum Gasteiger partial charge on any atom is 0.0783 e. The Morgan fingerprint density at radius 2 is 1.83 bits per heavy atom. The topological polar surface area (TPSA) is 12.9 Å². The minimum atomic E-state index is 0.361. The molecule has 23 heavy (non-hydrogen) atoms. The molecule has 2 aromatic carbocycles. The molecule has 1 aromatic heterocycles. The third-order valence-electron chi connectivity index (χ3n) is 7.90. The molecule has 3 aliphatic carbocycles. The first-order valence-electron chi connectivity index (χ1n) is 8.83. The highest BCUT2D eigenvalue weighted by atomic mass is 14.9. The van der Waals surface area contributed by atoms with Gasteiger partial charge in [-0.25, -0.2) is 0 Å². The number of fused-ring (bicyclic) bond motifs is 6. The predicted octanol–water partition coefficient (Wildman–Crippen LogP) is 5.56. The van der Waals surface area contributed by atoms with Gasteiger partial charge in [-0.1, -0.05) is 57.2 Å². The third kappa shape index (κ3) is 1.05. The van der Waals surface area contributed by atoms with E-state index in [9.17, 15) is 0 Å². The summed E-state index contributed by atoms with van der Waals surface area (Å²) in [6.07, 6.45) is 4.95. The van der Waals surface area contributed by atoms with E-state index in [1.807, 2.05) is 0 Å². The van der Waals surface area contributed by atoms with Crippen LogP contribution >= 0.6 is 0 Å². The van der Waals surface area contributed by atoms with E-state index in [2.05, 4.69) is 63.4 Å². The summed E-state index contributed by atoms with van der Waals surface area (Å²) in [4.78, 5) is 4.93. The highest BCUT2D eigenvalue weighted by Gasteiger charge is 2.86. The summed E-state index contributed by atoms with van der Waals surface area (Å²) in [6, 6.07) is 13.3. The molecule has 0 amide bonds. The van der Waals surface area contributed by atoms with Crippen molar-refractivity contribution in [1.29, 1.82) is 0 Å². The van der Waals surface area contributed by atoms with Gasteiger partial charge in [-0.2, -0.15) is 0 Å². The van der Waals surface area contributed by atoms with Crippen LogP contribution in [0.2, 0.25) is 0 Å². The first kappa shape index (κ1) is 12.5. The normalized spacial score (nSPS) is 39.7. The van der Waals surface area contributed by atoms with Crippen LogP contribution in [-0.2, 0) is 5.41 Å². The molecule has 4 atom stereocenters. The van der Waals surface area contributed by atoms with E-state index in [1.54, 1.807) is 5.56 Å². The van der Waals surface area contributed by atoms with Gasteiger partial charge < -0.3 is 0 Å². The zero-order valence-corrected chi connectivity index (χ0v) is 14.0. The van der Waals surface area contributed by atoms with Crippen LogP contribution in [0.1, 0.15) is 50.7 Å². The summed E-state index contributed by atoms with van der Waals surface area (Å²) in [5.41, 5.74) is 5.81. The molecule has 1 nitrogen and oxygen atoms in total. The van der Waals surface area contributed by atoms with Crippen molar-refractivity contribution in [3.8, 4) is 0 Å². The first-order chi connectivity index (χ1) is 11.0. The summed E-state index contributed by atoms with van der Waals surface area (Å²) in [7, 11) is 0. The molecule has 0 bridgehead atoms. The molecule has 114 valence electrons. The fourth-order valence-corrected chi connectivity index (χ4v) is 7.11. The monoisotopic (exact) mass is 299 g/mol. The molecule has 6 rings (SSSR count). The Hall–Kier alpha value is -1.89. The van der Waals surface area contributed by atoms with Crippen LogP contribution in [0.25, 0.3) is 21.7 Å². The van der Waals surface area contributed by atoms with Crippen molar-refractivity contribution in [1.82, 2.24) is 4.98 Å². The molecule has 2 saturated carbocycles. The lowest BCUT2D eigenvalue weighted by Crippen LogP contribution is -2.46. The maximum atomic E-state index is 4.93. The fraction of sp³-hybridized carbons (Fsp3) is 0.409. The van der Waals surface area contributed by atoms with E-state index in [4.69, 9.17) is 4.98 Å². The van der Waals surface area contributed by atoms with Crippen molar-refractivity contribution < 1.29 is 0 Å². The van der Waals surface area contributed by atoms with Crippen molar-refractivity contribution in [2.45, 2.75) is 44.9 Å². The smallest absolute Gasteiger partial charge is 0.0783 e. The Kier molecular flexibility index (Phi) is 1.80. The van der Waals surface area contributed by atoms with Crippen LogP contribution in [-0.4, -0.2) is 4.98 Å². The third-order valence-corrected chi connectivity index (χ3v) is 7.90. The SMILES string of the molecule is CC1c2cnc3c(ccc4ccccc43)c2C2(C)CC3(C)CC132. The quantitative estimate of drug-likeness (QED) is 0.495. The van der Waals surface area contributed by atoms with Crippen LogP contribution in [0.5, 0.6) is 0 Å². The van der Waals surface area contributed by atoms with Crippen LogP contribution in [0.4, 0.5) is 0 Å². The van der Waals surface area contributed by atoms with Crippen LogP contribution in [0.15, 0.2) is 42.6 Å². The molecular weight excluding hydrogens is 278 g/mol. The van der Waals surface area contributed by atoms with Crippen molar-refractivity contribution in [2.24, 2.45) is 10.8 Å². The highest BCUT2D eigenvalue weighted by Crippen LogP contribution is 2.92. The summed E-state index contributed by atoms with van der Waals surface area (Å²) in [6.45, 7) is 7.48. The van der Waals surface area contributed by atoms with E-state index in [0.717, 1.165) is 0 Å².